The summed E-state index contributed by atoms with van der Waals surface area (Å²) in [7, 11) is -3.17. The molecule has 0 N–H and O–H groups in total. The molecule has 2 heterocycles. The Hall–Kier alpha value is -1.66. The van der Waals surface area contributed by atoms with E-state index >= 15 is 0 Å². The van der Waals surface area contributed by atoms with Gasteiger partial charge in [0.05, 0.1) is 18.0 Å². The van der Waals surface area contributed by atoms with Gasteiger partial charge in [0.2, 0.25) is 15.9 Å². The van der Waals surface area contributed by atoms with Crippen LogP contribution in [0.1, 0.15) is 18.4 Å². The number of benzene rings is 1. The highest BCUT2D eigenvalue weighted by atomic mass is 32.2. The van der Waals surface area contributed by atoms with Crippen molar-refractivity contribution in [2.24, 2.45) is 0 Å². The Morgan fingerprint density at radius 3 is 2.75 bits per heavy atom. The molecule has 0 radical (unpaired) electrons. The summed E-state index contributed by atoms with van der Waals surface area (Å²) in [6.45, 7) is 2.43. The van der Waals surface area contributed by atoms with E-state index in [1.165, 1.54) is 4.31 Å². The molecule has 2 aromatic rings. The summed E-state index contributed by atoms with van der Waals surface area (Å²) in [5.74, 6) is 1.48. The second kappa shape index (κ2) is 5.03. The fraction of sp³-hybridized carbons (Fsp3) is 0.357. The van der Waals surface area contributed by atoms with E-state index in [0.29, 0.717) is 25.4 Å². The molecule has 1 aliphatic heterocycles. The summed E-state index contributed by atoms with van der Waals surface area (Å²) in [5.41, 5.74) is 1.64. The summed E-state index contributed by atoms with van der Waals surface area (Å²) in [6, 6.07) is 9.64. The van der Waals surface area contributed by atoms with Crippen molar-refractivity contribution in [1.29, 1.82) is 0 Å². The lowest BCUT2D eigenvalue weighted by Crippen LogP contribution is -2.36. The molecule has 0 aliphatic carbocycles. The first-order valence-electron chi connectivity index (χ1n) is 6.62. The van der Waals surface area contributed by atoms with Gasteiger partial charge in [-0.25, -0.2) is 13.4 Å². The summed E-state index contributed by atoms with van der Waals surface area (Å²) >= 11 is 0. The highest BCUT2D eigenvalue weighted by Crippen LogP contribution is 2.27. The minimum Gasteiger partial charge on any atom is -0.441 e. The molecule has 20 heavy (non-hydrogen) atoms. The highest BCUT2D eigenvalue weighted by molar-refractivity contribution is 7.89. The van der Waals surface area contributed by atoms with E-state index in [9.17, 15) is 8.42 Å². The summed E-state index contributed by atoms with van der Waals surface area (Å²) < 4.78 is 31.0. The van der Waals surface area contributed by atoms with Crippen molar-refractivity contribution in [2.45, 2.75) is 19.9 Å². The molecule has 1 aromatic carbocycles. The molecule has 0 amide bonds. The molecule has 0 saturated heterocycles. The molecular formula is C14H16N2O3S. The minimum absolute atomic E-state index is 0.117. The van der Waals surface area contributed by atoms with Gasteiger partial charge in [-0.2, -0.15) is 4.31 Å². The Kier molecular flexibility index (Phi) is 3.35. The van der Waals surface area contributed by atoms with Crippen molar-refractivity contribution < 1.29 is 12.8 Å². The SMILES string of the molecule is CCS(=O)(=O)N1CCc2oc(-c3ccccc3)nc2C1. The van der Waals surface area contributed by atoms with Crippen LogP contribution in [-0.2, 0) is 23.0 Å². The third-order valence-electron chi connectivity index (χ3n) is 3.47. The smallest absolute Gasteiger partial charge is 0.226 e. The predicted molar refractivity (Wildman–Crippen MR) is 75.5 cm³/mol. The molecular weight excluding hydrogens is 276 g/mol. The van der Waals surface area contributed by atoms with Gasteiger partial charge in [0.1, 0.15) is 5.76 Å². The van der Waals surface area contributed by atoms with Crippen molar-refractivity contribution in [1.82, 2.24) is 9.29 Å². The Bertz CT molecular complexity index is 707. The van der Waals surface area contributed by atoms with Crippen molar-refractivity contribution in [3.05, 3.63) is 41.8 Å². The van der Waals surface area contributed by atoms with Crippen LogP contribution in [0.15, 0.2) is 34.7 Å². The average molecular weight is 292 g/mol. The highest BCUT2D eigenvalue weighted by Gasteiger charge is 2.29. The van der Waals surface area contributed by atoms with Crippen LogP contribution in [0.25, 0.3) is 11.5 Å². The largest absolute Gasteiger partial charge is 0.441 e. The van der Waals surface area contributed by atoms with Gasteiger partial charge in [0.25, 0.3) is 0 Å². The number of hydrogen-bond acceptors (Lipinski definition) is 4. The van der Waals surface area contributed by atoms with Crippen molar-refractivity contribution in [2.75, 3.05) is 12.3 Å². The standard InChI is InChI=1S/C14H16N2O3S/c1-2-20(17,18)16-9-8-13-12(10-16)15-14(19-13)11-6-4-3-5-7-11/h3-7H,2,8-10H2,1H3. The van der Waals surface area contributed by atoms with Crippen molar-refractivity contribution >= 4 is 10.0 Å². The molecule has 1 aromatic heterocycles. The second-order valence-electron chi connectivity index (χ2n) is 4.74. The van der Waals surface area contributed by atoms with Crippen LogP contribution < -0.4 is 0 Å². The van der Waals surface area contributed by atoms with Crippen LogP contribution in [0.2, 0.25) is 0 Å². The van der Waals surface area contributed by atoms with Gasteiger partial charge < -0.3 is 4.42 Å². The summed E-state index contributed by atoms with van der Waals surface area (Å²) in [4.78, 5) is 4.45. The number of nitrogens with zero attached hydrogens (tertiary/aromatic N) is 2. The Morgan fingerprint density at radius 2 is 2.05 bits per heavy atom. The van der Waals surface area contributed by atoms with Gasteiger partial charge in [0, 0.05) is 18.5 Å². The maximum absolute atomic E-state index is 11.9. The number of rotatable bonds is 3. The summed E-state index contributed by atoms with van der Waals surface area (Å²) in [5, 5.41) is 0. The van der Waals surface area contributed by atoms with E-state index in [4.69, 9.17) is 4.42 Å². The average Bonchev–Trinajstić information content (AvgIpc) is 2.91. The molecule has 0 atom stereocenters. The quantitative estimate of drug-likeness (QED) is 0.868. The molecule has 6 heteroatoms. The third kappa shape index (κ3) is 2.36. The topological polar surface area (TPSA) is 63.4 Å². The molecule has 0 saturated carbocycles. The van der Waals surface area contributed by atoms with Gasteiger partial charge in [-0.05, 0) is 19.1 Å². The van der Waals surface area contributed by atoms with Crippen LogP contribution in [-0.4, -0.2) is 30.0 Å². The lowest BCUT2D eigenvalue weighted by Gasteiger charge is -2.23. The van der Waals surface area contributed by atoms with Crippen LogP contribution in [0.3, 0.4) is 0 Å². The predicted octanol–water partition coefficient (Wildman–Crippen LogP) is 2.05. The maximum atomic E-state index is 11.9. The molecule has 0 bridgehead atoms. The van der Waals surface area contributed by atoms with Crippen LogP contribution in [0.4, 0.5) is 0 Å². The number of sulfonamides is 1. The molecule has 5 nitrogen and oxygen atoms in total. The fourth-order valence-electron chi connectivity index (χ4n) is 2.30. The maximum Gasteiger partial charge on any atom is 0.226 e. The van der Waals surface area contributed by atoms with Crippen molar-refractivity contribution in [3.63, 3.8) is 0 Å². The molecule has 0 spiro atoms. The van der Waals surface area contributed by atoms with E-state index in [1.54, 1.807) is 6.92 Å². The van der Waals surface area contributed by atoms with E-state index < -0.39 is 10.0 Å². The van der Waals surface area contributed by atoms with Crippen molar-refractivity contribution in [3.8, 4) is 11.5 Å². The minimum atomic E-state index is -3.17. The van der Waals surface area contributed by atoms with E-state index in [0.717, 1.165) is 17.0 Å². The van der Waals surface area contributed by atoms with Crippen LogP contribution >= 0.6 is 0 Å². The molecule has 106 valence electrons. The number of hydrogen-bond donors (Lipinski definition) is 0. The van der Waals surface area contributed by atoms with Crippen LogP contribution in [0.5, 0.6) is 0 Å². The first kappa shape index (κ1) is 13.3. The normalized spacial score (nSPS) is 16.1. The lowest BCUT2D eigenvalue weighted by molar-refractivity contribution is 0.363. The van der Waals surface area contributed by atoms with E-state index in [-0.39, 0.29) is 5.75 Å². The number of fused-ring (bicyclic) bond motifs is 1. The zero-order chi connectivity index (χ0) is 14.2. The zero-order valence-electron chi connectivity index (χ0n) is 11.2. The third-order valence-corrected chi connectivity index (χ3v) is 5.30. The lowest BCUT2D eigenvalue weighted by atomic mass is 10.2. The van der Waals surface area contributed by atoms with E-state index in [2.05, 4.69) is 4.98 Å². The fourth-order valence-corrected chi connectivity index (χ4v) is 3.35. The summed E-state index contributed by atoms with van der Waals surface area (Å²) in [6.07, 6.45) is 0.578. The van der Waals surface area contributed by atoms with Gasteiger partial charge in [-0.3, -0.25) is 0 Å². The molecule has 3 rings (SSSR count). The number of aromatic nitrogens is 1. The first-order chi connectivity index (χ1) is 9.60. The molecule has 0 fully saturated rings. The second-order valence-corrected chi connectivity index (χ2v) is 7.00. The Balaban J connectivity index is 1.91. The Morgan fingerprint density at radius 1 is 1.30 bits per heavy atom. The first-order valence-corrected chi connectivity index (χ1v) is 8.23. The monoisotopic (exact) mass is 292 g/mol. The van der Waals surface area contributed by atoms with Gasteiger partial charge in [0.15, 0.2) is 0 Å². The van der Waals surface area contributed by atoms with Gasteiger partial charge in [-0.1, -0.05) is 18.2 Å². The molecule has 0 unspecified atom stereocenters. The molecule has 1 aliphatic rings. The van der Waals surface area contributed by atoms with E-state index in [1.807, 2.05) is 30.3 Å². The Labute approximate surface area is 118 Å². The zero-order valence-corrected chi connectivity index (χ0v) is 12.1. The van der Waals surface area contributed by atoms with Gasteiger partial charge in [-0.15, -0.1) is 0 Å². The van der Waals surface area contributed by atoms with Gasteiger partial charge >= 0.3 is 0 Å². The number of oxazole rings is 1. The van der Waals surface area contributed by atoms with Crippen LogP contribution in [0, 0.1) is 0 Å².